The van der Waals surface area contributed by atoms with Gasteiger partial charge in [0.05, 0.1) is 16.8 Å². The monoisotopic (exact) mass is 407 g/mol. The number of imidazole rings is 1. The van der Waals surface area contributed by atoms with Crippen LogP contribution in [-0.4, -0.2) is 34.9 Å². The van der Waals surface area contributed by atoms with Gasteiger partial charge < -0.3 is 11.1 Å². The highest BCUT2D eigenvalue weighted by atomic mass is 32.2. The fraction of sp³-hybridized carbons (Fsp3) is 0.0500. The molecule has 3 N–H and O–H groups in total. The van der Waals surface area contributed by atoms with E-state index in [1.165, 1.54) is 18.4 Å². The van der Waals surface area contributed by atoms with Crippen molar-refractivity contribution >= 4 is 32.9 Å². The van der Waals surface area contributed by atoms with E-state index in [2.05, 4.69) is 15.3 Å². The third kappa shape index (κ3) is 3.67. The second kappa shape index (κ2) is 7.02. The second-order valence-corrected chi connectivity index (χ2v) is 8.49. The summed E-state index contributed by atoms with van der Waals surface area (Å²) in [4.78, 5) is 20.4. The van der Waals surface area contributed by atoms with Crippen molar-refractivity contribution in [2.24, 2.45) is 5.73 Å². The van der Waals surface area contributed by atoms with E-state index in [1.807, 2.05) is 10.6 Å². The Bertz CT molecular complexity index is 1310. The standard InChI is InChI=1S/C20H17N5O3S/c1-29(27,28)16-8-6-15(7-9-16)24-19-20-22-10-11-25(20)17(12-23-19)13-2-4-14(5-3-13)18(21)26/h2-12H,1H3,(H2,21,26)(H,23,24). The van der Waals surface area contributed by atoms with Crippen LogP contribution in [0, 0.1) is 0 Å². The molecule has 2 aromatic carbocycles. The summed E-state index contributed by atoms with van der Waals surface area (Å²) in [5, 5.41) is 3.16. The van der Waals surface area contributed by atoms with Gasteiger partial charge in [0.15, 0.2) is 21.3 Å². The van der Waals surface area contributed by atoms with Crippen molar-refractivity contribution in [1.29, 1.82) is 0 Å². The molecular weight excluding hydrogens is 390 g/mol. The number of nitrogens with two attached hydrogens (primary N) is 1. The van der Waals surface area contributed by atoms with Crippen molar-refractivity contribution in [3.8, 4) is 11.3 Å². The molecule has 4 aromatic rings. The van der Waals surface area contributed by atoms with Crippen LogP contribution in [0.5, 0.6) is 0 Å². The van der Waals surface area contributed by atoms with Crippen LogP contribution in [0.15, 0.2) is 72.0 Å². The third-order valence-corrected chi connectivity index (χ3v) is 5.57. The van der Waals surface area contributed by atoms with Gasteiger partial charge in [0, 0.05) is 35.5 Å². The van der Waals surface area contributed by atoms with Crippen molar-refractivity contribution in [1.82, 2.24) is 14.4 Å². The number of carbonyl (C=O) groups is 1. The molecule has 0 fully saturated rings. The van der Waals surface area contributed by atoms with E-state index < -0.39 is 15.7 Å². The van der Waals surface area contributed by atoms with Gasteiger partial charge >= 0.3 is 0 Å². The molecule has 9 heteroatoms. The highest BCUT2D eigenvalue weighted by molar-refractivity contribution is 7.90. The number of aromatic nitrogens is 3. The SMILES string of the molecule is CS(=O)(=O)c1ccc(Nc2ncc(-c3ccc(C(N)=O)cc3)n3ccnc23)cc1. The largest absolute Gasteiger partial charge is 0.366 e. The zero-order valence-corrected chi connectivity index (χ0v) is 16.2. The number of sulfone groups is 1. The molecule has 2 heterocycles. The van der Waals surface area contributed by atoms with Crippen molar-refractivity contribution < 1.29 is 13.2 Å². The molecule has 0 saturated heterocycles. The normalized spacial score (nSPS) is 11.5. The Labute approximate surface area is 167 Å². The Hall–Kier alpha value is -3.72. The highest BCUT2D eigenvalue weighted by Gasteiger charge is 2.12. The van der Waals surface area contributed by atoms with E-state index in [1.54, 1.807) is 48.8 Å². The van der Waals surface area contributed by atoms with Crippen molar-refractivity contribution in [2.45, 2.75) is 4.90 Å². The maximum absolute atomic E-state index is 11.6. The predicted molar refractivity (Wildman–Crippen MR) is 110 cm³/mol. The van der Waals surface area contributed by atoms with E-state index >= 15 is 0 Å². The molecule has 4 rings (SSSR count). The summed E-state index contributed by atoms with van der Waals surface area (Å²) in [7, 11) is -3.25. The number of hydrogen-bond donors (Lipinski definition) is 2. The van der Waals surface area contributed by atoms with Gasteiger partial charge in [-0.05, 0) is 36.4 Å². The van der Waals surface area contributed by atoms with E-state index in [-0.39, 0.29) is 4.90 Å². The van der Waals surface area contributed by atoms with E-state index in [9.17, 15) is 13.2 Å². The first kappa shape index (κ1) is 18.6. The minimum absolute atomic E-state index is 0.247. The summed E-state index contributed by atoms with van der Waals surface area (Å²) in [5.74, 6) is 0.0449. The number of rotatable bonds is 5. The van der Waals surface area contributed by atoms with Crippen LogP contribution in [0.1, 0.15) is 10.4 Å². The summed E-state index contributed by atoms with van der Waals surface area (Å²) in [6.07, 6.45) is 6.34. The molecule has 0 aliphatic rings. The molecule has 2 aromatic heterocycles. The number of fused-ring (bicyclic) bond motifs is 1. The van der Waals surface area contributed by atoms with E-state index in [0.717, 1.165) is 11.3 Å². The zero-order chi connectivity index (χ0) is 20.6. The summed E-state index contributed by atoms with van der Waals surface area (Å²) in [5.41, 5.74) is 8.67. The quantitative estimate of drug-likeness (QED) is 0.525. The summed E-state index contributed by atoms with van der Waals surface area (Å²) in [6.45, 7) is 0. The maximum atomic E-state index is 11.6. The average molecular weight is 407 g/mol. The topological polar surface area (TPSA) is 119 Å². The van der Waals surface area contributed by atoms with Gasteiger partial charge in [-0.3, -0.25) is 9.20 Å². The van der Waals surface area contributed by atoms with Crippen LogP contribution < -0.4 is 11.1 Å². The molecule has 0 aliphatic heterocycles. The number of benzene rings is 2. The lowest BCUT2D eigenvalue weighted by atomic mass is 10.1. The fourth-order valence-electron chi connectivity index (χ4n) is 2.95. The van der Waals surface area contributed by atoms with Crippen LogP contribution in [0.2, 0.25) is 0 Å². The van der Waals surface area contributed by atoms with Gasteiger partial charge in [-0.1, -0.05) is 12.1 Å². The number of nitrogens with one attached hydrogen (secondary N) is 1. The van der Waals surface area contributed by atoms with E-state index in [4.69, 9.17) is 5.73 Å². The van der Waals surface area contributed by atoms with Gasteiger partial charge in [0.2, 0.25) is 5.91 Å². The van der Waals surface area contributed by atoms with E-state index in [0.29, 0.717) is 22.7 Å². The Balaban J connectivity index is 1.69. The lowest BCUT2D eigenvalue weighted by molar-refractivity contribution is 0.100. The molecule has 8 nitrogen and oxygen atoms in total. The van der Waals surface area contributed by atoms with Gasteiger partial charge in [0.25, 0.3) is 0 Å². The molecule has 0 aliphatic carbocycles. The lowest BCUT2D eigenvalue weighted by Crippen LogP contribution is -2.10. The number of anilines is 2. The first-order chi connectivity index (χ1) is 13.8. The first-order valence-corrected chi connectivity index (χ1v) is 10.5. The van der Waals surface area contributed by atoms with Gasteiger partial charge in [-0.15, -0.1) is 0 Å². The number of primary amides is 1. The maximum Gasteiger partial charge on any atom is 0.248 e. The molecule has 0 bridgehead atoms. The van der Waals surface area contributed by atoms with Crippen molar-refractivity contribution in [3.05, 3.63) is 72.7 Å². The molecule has 0 unspecified atom stereocenters. The molecule has 1 amide bonds. The number of carbonyl (C=O) groups excluding carboxylic acids is 1. The summed E-state index contributed by atoms with van der Waals surface area (Å²) < 4.78 is 25.1. The Morgan fingerprint density at radius 2 is 1.72 bits per heavy atom. The number of hydrogen-bond acceptors (Lipinski definition) is 6. The smallest absolute Gasteiger partial charge is 0.248 e. The molecule has 0 spiro atoms. The molecule has 29 heavy (non-hydrogen) atoms. The summed E-state index contributed by atoms with van der Waals surface area (Å²) >= 11 is 0. The molecular formula is C20H17N5O3S. The predicted octanol–water partition coefficient (Wildman–Crippen LogP) is 2.64. The number of amides is 1. The average Bonchev–Trinajstić information content (AvgIpc) is 3.18. The minimum Gasteiger partial charge on any atom is -0.366 e. The fourth-order valence-corrected chi connectivity index (χ4v) is 3.58. The van der Waals surface area contributed by atoms with Crippen molar-refractivity contribution in [3.63, 3.8) is 0 Å². The Kier molecular flexibility index (Phi) is 4.51. The zero-order valence-electron chi connectivity index (χ0n) is 15.4. The number of nitrogens with zero attached hydrogens (tertiary/aromatic N) is 3. The second-order valence-electron chi connectivity index (χ2n) is 6.48. The van der Waals surface area contributed by atoms with Crippen LogP contribution in [0.3, 0.4) is 0 Å². The Morgan fingerprint density at radius 1 is 1.03 bits per heavy atom. The third-order valence-electron chi connectivity index (χ3n) is 4.44. The molecule has 0 atom stereocenters. The molecule has 0 saturated carbocycles. The highest BCUT2D eigenvalue weighted by Crippen LogP contribution is 2.26. The van der Waals surface area contributed by atoms with Gasteiger partial charge in [-0.25, -0.2) is 18.4 Å². The van der Waals surface area contributed by atoms with Gasteiger partial charge in [0.1, 0.15) is 0 Å². The lowest BCUT2D eigenvalue weighted by Gasteiger charge is -2.11. The molecule has 0 radical (unpaired) electrons. The van der Waals surface area contributed by atoms with Crippen LogP contribution in [-0.2, 0) is 9.84 Å². The van der Waals surface area contributed by atoms with Gasteiger partial charge in [-0.2, -0.15) is 0 Å². The Morgan fingerprint density at radius 3 is 2.34 bits per heavy atom. The van der Waals surface area contributed by atoms with Crippen LogP contribution in [0.25, 0.3) is 16.9 Å². The molecule has 146 valence electrons. The summed E-state index contributed by atoms with van der Waals surface area (Å²) in [6, 6.07) is 13.3. The van der Waals surface area contributed by atoms with Crippen LogP contribution >= 0.6 is 0 Å². The first-order valence-electron chi connectivity index (χ1n) is 8.62. The van der Waals surface area contributed by atoms with Crippen LogP contribution in [0.4, 0.5) is 11.5 Å². The van der Waals surface area contributed by atoms with Crippen molar-refractivity contribution in [2.75, 3.05) is 11.6 Å². The minimum atomic E-state index is -3.25.